The second-order valence-corrected chi connectivity index (χ2v) is 18.5. The van der Waals surface area contributed by atoms with E-state index in [0.29, 0.717) is 0 Å². The maximum absolute atomic E-state index is 2.43. The molecule has 60 heavy (non-hydrogen) atoms. The van der Waals surface area contributed by atoms with Gasteiger partial charge in [-0.05, 0) is 98.6 Å². The highest BCUT2D eigenvalue weighted by Crippen LogP contribution is 2.51. The molecule has 0 radical (unpaired) electrons. The number of nitrogens with zero attached hydrogens (tertiary/aromatic N) is 1. The first-order valence-corrected chi connectivity index (χ1v) is 22.3. The van der Waals surface area contributed by atoms with Crippen molar-refractivity contribution < 1.29 is 0 Å². The molecular weight excluding hydrogens is 763 g/mol. The third kappa shape index (κ3) is 5.43. The third-order valence-corrected chi connectivity index (χ3v) is 15.1. The van der Waals surface area contributed by atoms with Gasteiger partial charge in [0.15, 0.2) is 0 Å². The smallest absolute Gasteiger partial charge is 0.0465 e. The van der Waals surface area contributed by atoms with Gasteiger partial charge in [-0.25, -0.2) is 0 Å². The lowest BCUT2D eigenvalue weighted by Crippen LogP contribution is -2.16. The summed E-state index contributed by atoms with van der Waals surface area (Å²) in [5.41, 5.74) is 16.2. The molecule has 2 heterocycles. The van der Waals surface area contributed by atoms with Gasteiger partial charge in [0.1, 0.15) is 0 Å². The number of hydrogen-bond acceptors (Lipinski definition) is 3. The first kappa shape index (κ1) is 35.2. The second kappa shape index (κ2) is 13.6. The van der Waals surface area contributed by atoms with Crippen molar-refractivity contribution in [1.29, 1.82) is 0 Å². The van der Waals surface area contributed by atoms with Gasteiger partial charge in [-0.1, -0.05) is 166 Å². The summed E-state index contributed by atoms with van der Waals surface area (Å²) in [7, 11) is 0. The van der Waals surface area contributed by atoms with Gasteiger partial charge >= 0.3 is 0 Å². The number of rotatable bonds is 6. The largest absolute Gasteiger partial charge is 0.310 e. The van der Waals surface area contributed by atoms with Crippen LogP contribution < -0.4 is 4.90 Å². The predicted octanol–water partition coefficient (Wildman–Crippen LogP) is 17.2. The molecule has 3 heteroatoms. The molecule has 0 spiro atoms. The minimum absolute atomic E-state index is 0.108. The Morgan fingerprint density at radius 3 is 1.58 bits per heavy atom. The van der Waals surface area contributed by atoms with Crippen molar-refractivity contribution in [3.05, 3.63) is 211 Å². The zero-order valence-electron chi connectivity index (χ0n) is 33.3. The SMILES string of the molecule is CC1(C)c2ccccc2-c2ccc(N(c3ccc(-c4ccc5c(sc6ccccc65)c4-c4ccccc4)cc3)c3ccc(-c4cccc5c4sc4ccccc45)cc3)cc21. The Hall–Kier alpha value is -6.78. The molecule has 2 aromatic heterocycles. The maximum Gasteiger partial charge on any atom is 0.0465 e. The summed E-state index contributed by atoms with van der Waals surface area (Å²) in [5.74, 6) is 0. The van der Waals surface area contributed by atoms with Crippen LogP contribution in [0.2, 0.25) is 0 Å². The van der Waals surface area contributed by atoms with E-state index in [0.717, 1.165) is 17.1 Å². The van der Waals surface area contributed by atoms with Gasteiger partial charge in [-0.2, -0.15) is 0 Å². The van der Waals surface area contributed by atoms with E-state index in [9.17, 15) is 0 Å². The summed E-state index contributed by atoms with van der Waals surface area (Å²) in [6, 6.07) is 74.2. The Bertz CT molecular complexity index is 3440. The first-order chi connectivity index (χ1) is 29.5. The molecule has 1 nitrogen and oxygen atoms in total. The Labute approximate surface area is 358 Å². The van der Waals surface area contributed by atoms with E-state index in [4.69, 9.17) is 0 Å². The third-order valence-electron chi connectivity index (χ3n) is 12.7. The molecule has 0 amide bonds. The van der Waals surface area contributed by atoms with Crippen LogP contribution in [0.25, 0.3) is 84.9 Å². The highest BCUT2D eigenvalue weighted by atomic mass is 32.1. The van der Waals surface area contributed by atoms with Gasteiger partial charge in [-0.15, -0.1) is 22.7 Å². The average molecular weight is 802 g/mol. The molecule has 0 aliphatic heterocycles. The van der Waals surface area contributed by atoms with Crippen molar-refractivity contribution in [3.8, 4) is 44.5 Å². The van der Waals surface area contributed by atoms with Gasteiger partial charge in [0.2, 0.25) is 0 Å². The fraction of sp³-hybridized carbons (Fsp3) is 0.0526. The molecule has 12 rings (SSSR count). The van der Waals surface area contributed by atoms with E-state index in [-0.39, 0.29) is 5.41 Å². The van der Waals surface area contributed by atoms with Crippen LogP contribution in [0.4, 0.5) is 17.1 Å². The lowest BCUT2D eigenvalue weighted by atomic mass is 9.82. The normalized spacial score (nSPS) is 13.0. The van der Waals surface area contributed by atoms with Crippen molar-refractivity contribution in [1.82, 2.24) is 0 Å². The Morgan fingerprint density at radius 1 is 0.350 bits per heavy atom. The van der Waals surface area contributed by atoms with Gasteiger partial charge < -0.3 is 4.90 Å². The summed E-state index contributed by atoms with van der Waals surface area (Å²) in [6.07, 6.45) is 0. The van der Waals surface area contributed by atoms with Gasteiger partial charge in [0.25, 0.3) is 0 Å². The van der Waals surface area contributed by atoms with E-state index in [1.165, 1.54) is 96.0 Å². The molecule has 0 saturated carbocycles. The predicted molar refractivity (Wildman–Crippen MR) is 261 cm³/mol. The van der Waals surface area contributed by atoms with Gasteiger partial charge in [0.05, 0.1) is 0 Å². The highest BCUT2D eigenvalue weighted by Gasteiger charge is 2.35. The molecular formula is C57H39NS2. The number of fused-ring (bicyclic) bond motifs is 9. The zero-order valence-corrected chi connectivity index (χ0v) is 34.9. The molecule has 0 atom stereocenters. The van der Waals surface area contributed by atoms with E-state index >= 15 is 0 Å². The van der Waals surface area contributed by atoms with Crippen LogP contribution in [0.15, 0.2) is 200 Å². The molecule has 0 unspecified atom stereocenters. The topological polar surface area (TPSA) is 3.24 Å². The summed E-state index contributed by atoms with van der Waals surface area (Å²) >= 11 is 3.78. The van der Waals surface area contributed by atoms with Crippen molar-refractivity contribution in [2.45, 2.75) is 19.3 Å². The van der Waals surface area contributed by atoms with Gasteiger partial charge in [-0.3, -0.25) is 0 Å². The molecule has 0 fully saturated rings. The monoisotopic (exact) mass is 801 g/mol. The summed E-state index contributed by atoms with van der Waals surface area (Å²) in [4.78, 5) is 2.43. The summed E-state index contributed by atoms with van der Waals surface area (Å²) < 4.78 is 5.31. The Morgan fingerprint density at radius 2 is 0.867 bits per heavy atom. The van der Waals surface area contributed by atoms with Crippen molar-refractivity contribution in [3.63, 3.8) is 0 Å². The summed E-state index contributed by atoms with van der Waals surface area (Å²) in [5, 5.41) is 5.28. The second-order valence-electron chi connectivity index (χ2n) is 16.4. The van der Waals surface area contributed by atoms with E-state index < -0.39 is 0 Å². The molecule has 0 saturated heterocycles. The Kier molecular flexibility index (Phi) is 8.00. The molecule has 1 aliphatic rings. The molecule has 284 valence electrons. The van der Waals surface area contributed by atoms with Crippen LogP contribution in [0, 0.1) is 0 Å². The maximum atomic E-state index is 2.43. The number of thiophene rings is 2. The number of hydrogen-bond donors (Lipinski definition) is 0. The minimum Gasteiger partial charge on any atom is -0.310 e. The van der Waals surface area contributed by atoms with Crippen LogP contribution >= 0.6 is 22.7 Å². The first-order valence-electron chi connectivity index (χ1n) is 20.7. The number of benzene rings is 9. The van der Waals surface area contributed by atoms with Gasteiger partial charge in [0, 0.05) is 68.4 Å². The fourth-order valence-corrected chi connectivity index (χ4v) is 12.3. The molecule has 1 aliphatic carbocycles. The molecule has 0 bridgehead atoms. The van der Waals surface area contributed by atoms with Crippen molar-refractivity contribution in [2.75, 3.05) is 4.90 Å². The highest BCUT2D eigenvalue weighted by molar-refractivity contribution is 7.26. The molecule has 11 aromatic rings. The average Bonchev–Trinajstić information content (AvgIpc) is 3.95. The van der Waals surface area contributed by atoms with Crippen LogP contribution in [0.5, 0.6) is 0 Å². The standard InChI is InChI=1S/C57H39NS2/c1-57(2)50-20-9-6-15-44(50)45-32-31-41(35-51(45)57)58(40-29-25-37(26-30-40)43-18-12-19-48-46-16-7-10-21-52(46)59-55(43)48)39-27-23-36(24-28-39)42-33-34-49-47-17-8-11-22-53(47)60-56(49)54(42)38-13-4-3-5-14-38/h3-35H,1-2H3. The molecule has 9 aromatic carbocycles. The molecule has 0 N–H and O–H groups in total. The van der Waals surface area contributed by atoms with E-state index in [2.05, 4.69) is 219 Å². The fourth-order valence-electron chi connectivity index (χ4n) is 9.75. The lowest BCUT2D eigenvalue weighted by molar-refractivity contribution is 0.660. The van der Waals surface area contributed by atoms with Crippen LogP contribution in [-0.2, 0) is 5.41 Å². The van der Waals surface area contributed by atoms with Crippen molar-refractivity contribution in [2.24, 2.45) is 0 Å². The van der Waals surface area contributed by atoms with E-state index in [1.807, 2.05) is 22.7 Å². The Balaban J connectivity index is 0.995. The van der Waals surface area contributed by atoms with E-state index in [1.54, 1.807) is 0 Å². The van der Waals surface area contributed by atoms with Crippen LogP contribution in [-0.4, -0.2) is 0 Å². The zero-order chi connectivity index (χ0) is 40.0. The lowest BCUT2D eigenvalue weighted by Gasteiger charge is -2.28. The summed E-state index contributed by atoms with van der Waals surface area (Å²) in [6.45, 7) is 4.73. The number of anilines is 3. The van der Waals surface area contributed by atoms with Crippen molar-refractivity contribution >= 4 is 80.1 Å². The minimum atomic E-state index is -0.108. The van der Waals surface area contributed by atoms with Crippen LogP contribution in [0.3, 0.4) is 0 Å². The quantitative estimate of drug-likeness (QED) is 0.162. The van der Waals surface area contributed by atoms with Crippen LogP contribution in [0.1, 0.15) is 25.0 Å².